The first-order chi connectivity index (χ1) is 8.66. The number of carbonyl (C=O) groups is 1. The minimum atomic E-state index is 0.0506. The summed E-state index contributed by atoms with van der Waals surface area (Å²) in [5, 5.41) is 0. The molecule has 0 spiro atoms. The summed E-state index contributed by atoms with van der Waals surface area (Å²) in [4.78, 5) is 12.0. The van der Waals surface area contributed by atoms with Gasteiger partial charge in [-0.2, -0.15) is 0 Å². The molecule has 0 fully saturated rings. The predicted octanol–water partition coefficient (Wildman–Crippen LogP) is 4.20. The fourth-order valence-electron chi connectivity index (χ4n) is 1.88. The highest BCUT2D eigenvalue weighted by Gasteiger charge is 2.03. The van der Waals surface area contributed by atoms with Crippen molar-refractivity contribution in [2.24, 2.45) is 0 Å². The van der Waals surface area contributed by atoms with Gasteiger partial charge in [0.25, 0.3) is 0 Å². The Kier molecular flexibility index (Phi) is 3.73. The summed E-state index contributed by atoms with van der Waals surface area (Å²) in [5.41, 5.74) is 4.02. The van der Waals surface area contributed by atoms with Crippen molar-refractivity contribution in [1.29, 1.82) is 0 Å². The number of carbonyl (C=O) groups excluding carboxylic acids is 1. The van der Waals surface area contributed by atoms with E-state index in [1.165, 1.54) is 5.56 Å². The van der Waals surface area contributed by atoms with E-state index in [0.717, 1.165) is 16.7 Å². The topological polar surface area (TPSA) is 17.1 Å². The molecule has 1 heteroatoms. The summed E-state index contributed by atoms with van der Waals surface area (Å²) in [6.07, 6.45) is 3.50. The number of hydrogen-bond acceptors (Lipinski definition) is 1. The molecule has 0 aliphatic carbocycles. The molecule has 90 valence electrons. The molecule has 0 heterocycles. The maximum absolute atomic E-state index is 12.0. The second-order valence-corrected chi connectivity index (χ2v) is 4.43. The summed E-state index contributed by atoms with van der Waals surface area (Å²) in [6.45, 7) is 3.99. The van der Waals surface area contributed by atoms with Crippen molar-refractivity contribution in [3.05, 3.63) is 76.9 Å². The molecule has 0 atom stereocenters. The van der Waals surface area contributed by atoms with E-state index in [1.54, 1.807) is 6.08 Å². The van der Waals surface area contributed by atoms with Crippen LogP contribution < -0.4 is 0 Å². The van der Waals surface area contributed by atoms with Gasteiger partial charge in [0.2, 0.25) is 0 Å². The second kappa shape index (κ2) is 5.46. The summed E-state index contributed by atoms with van der Waals surface area (Å²) in [6, 6.07) is 15.7. The highest BCUT2D eigenvalue weighted by atomic mass is 16.1. The van der Waals surface area contributed by atoms with E-state index < -0.39 is 0 Å². The van der Waals surface area contributed by atoms with Crippen LogP contribution >= 0.6 is 0 Å². The van der Waals surface area contributed by atoms with E-state index >= 15 is 0 Å². The molecule has 0 aromatic heterocycles. The fourth-order valence-corrected chi connectivity index (χ4v) is 1.88. The minimum Gasteiger partial charge on any atom is -0.289 e. The molecule has 0 saturated carbocycles. The van der Waals surface area contributed by atoms with Crippen molar-refractivity contribution in [2.75, 3.05) is 0 Å². The predicted molar refractivity (Wildman–Crippen MR) is 75.7 cm³/mol. The Morgan fingerprint density at radius 3 is 2.50 bits per heavy atom. The Morgan fingerprint density at radius 2 is 1.78 bits per heavy atom. The van der Waals surface area contributed by atoms with Crippen LogP contribution in [-0.4, -0.2) is 5.78 Å². The molecule has 2 aromatic carbocycles. The average molecular weight is 236 g/mol. The Balaban J connectivity index is 2.20. The van der Waals surface area contributed by atoms with Crippen molar-refractivity contribution in [3.8, 4) is 0 Å². The van der Waals surface area contributed by atoms with Crippen LogP contribution in [0.2, 0.25) is 0 Å². The molecule has 18 heavy (non-hydrogen) atoms. The van der Waals surface area contributed by atoms with Gasteiger partial charge in [0.05, 0.1) is 0 Å². The average Bonchev–Trinajstić information content (AvgIpc) is 2.37. The monoisotopic (exact) mass is 236 g/mol. The quantitative estimate of drug-likeness (QED) is 0.576. The number of ketones is 1. The molecule has 2 rings (SSSR count). The van der Waals surface area contributed by atoms with Gasteiger partial charge in [0.15, 0.2) is 5.78 Å². The van der Waals surface area contributed by atoms with Crippen molar-refractivity contribution in [1.82, 2.24) is 0 Å². The van der Waals surface area contributed by atoms with E-state index in [-0.39, 0.29) is 5.78 Å². The third kappa shape index (κ3) is 2.95. The third-order valence-corrected chi connectivity index (χ3v) is 2.88. The lowest BCUT2D eigenvalue weighted by Crippen LogP contribution is -1.96. The number of benzene rings is 2. The molecule has 0 N–H and O–H groups in total. The van der Waals surface area contributed by atoms with Crippen molar-refractivity contribution < 1.29 is 4.79 Å². The molecular formula is C17H16O. The van der Waals surface area contributed by atoms with E-state index in [2.05, 4.69) is 6.07 Å². The van der Waals surface area contributed by atoms with E-state index in [1.807, 2.05) is 62.4 Å². The largest absolute Gasteiger partial charge is 0.289 e. The molecule has 2 aromatic rings. The van der Waals surface area contributed by atoms with Crippen LogP contribution in [0.25, 0.3) is 6.08 Å². The highest BCUT2D eigenvalue weighted by molar-refractivity contribution is 6.07. The van der Waals surface area contributed by atoms with Gasteiger partial charge in [-0.05, 0) is 31.1 Å². The molecule has 0 saturated heterocycles. The lowest BCUT2D eigenvalue weighted by atomic mass is 10.0. The molecule has 1 nitrogen and oxygen atoms in total. The summed E-state index contributed by atoms with van der Waals surface area (Å²) in [7, 11) is 0. The van der Waals surface area contributed by atoms with Crippen molar-refractivity contribution >= 4 is 11.9 Å². The van der Waals surface area contributed by atoms with Crippen LogP contribution in [0.3, 0.4) is 0 Å². The Morgan fingerprint density at radius 1 is 1.00 bits per heavy atom. The van der Waals surface area contributed by atoms with E-state index in [0.29, 0.717) is 0 Å². The summed E-state index contributed by atoms with van der Waals surface area (Å²) in [5.74, 6) is 0.0506. The molecule has 0 unspecified atom stereocenters. The minimum absolute atomic E-state index is 0.0506. The highest BCUT2D eigenvalue weighted by Crippen LogP contribution is 2.11. The van der Waals surface area contributed by atoms with Gasteiger partial charge >= 0.3 is 0 Å². The smallest absolute Gasteiger partial charge is 0.186 e. The Bertz CT molecular complexity index is 594. The van der Waals surface area contributed by atoms with Crippen LogP contribution in [0, 0.1) is 13.8 Å². The van der Waals surface area contributed by atoms with E-state index in [4.69, 9.17) is 0 Å². The standard InChI is InChI=1S/C17H16O/c1-13-6-5-8-15(12-13)10-11-17(18)16-9-4-3-7-14(16)2/h3-12H,1-2H3. The molecular weight excluding hydrogens is 220 g/mol. The van der Waals surface area contributed by atoms with Gasteiger partial charge in [-0.15, -0.1) is 0 Å². The first-order valence-corrected chi connectivity index (χ1v) is 6.01. The molecule has 0 bridgehead atoms. The molecule has 0 amide bonds. The van der Waals surface area contributed by atoms with Crippen molar-refractivity contribution in [3.63, 3.8) is 0 Å². The zero-order chi connectivity index (χ0) is 13.0. The van der Waals surface area contributed by atoms with Crippen LogP contribution in [-0.2, 0) is 0 Å². The third-order valence-electron chi connectivity index (χ3n) is 2.88. The zero-order valence-corrected chi connectivity index (χ0v) is 10.7. The normalized spacial score (nSPS) is 10.8. The van der Waals surface area contributed by atoms with Gasteiger partial charge < -0.3 is 0 Å². The number of allylic oxidation sites excluding steroid dienone is 1. The van der Waals surface area contributed by atoms with Gasteiger partial charge in [-0.25, -0.2) is 0 Å². The summed E-state index contributed by atoms with van der Waals surface area (Å²) >= 11 is 0. The first kappa shape index (κ1) is 12.3. The van der Waals surface area contributed by atoms with Crippen LogP contribution in [0.4, 0.5) is 0 Å². The maximum Gasteiger partial charge on any atom is 0.186 e. The molecule has 0 aliphatic heterocycles. The van der Waals surface area contributed by atoms with Crippen LogP contribution in [0.15, 0.2) is 54.6 Å². The summed E-state index contributed by atoms with van der Waals surface area (Å²) < 4.78 is 0. The second-order valence-electron chi connectivity index (χ2n) is 4.43. The molecule has 0 aliphatic rings. The van der Waals surface area contributed by atoms with Crippen molar-refractivity contribution in [2.45, 2.75) is 13.8 Å². The number of rotatable bonds is 3. The number of hydrogen-bond donors (Lipinski definition) is 0. The Hall–Kier alpha value is -2.15. The van der Waals surface area contributed by atoms with Crippen LogP contribution in [0.1, 0.15) is 27.0 Å². The van der Waals surface area contributed by atoms with Gasteiger partial charge in [-0.3, -0.25) is 4.79 Å². The lowest BCUT2D eigenvalue weighted by molar-refractivity contribution is 0.104. The fraction of sp³-hybridized carbons (Fsp3) is 0.118. The van der Waals surface area contributed by atoms with Gasteiger partial charge in [0, 0.05) is 5.56 Å². The van der Waals surface area contributed by atoms with Gasteiger partial charge in [-0.1, -0.05) is 60.2 Å². The SMILES string of the molecule is Cc1cccc(C=CC(=O)c2ccccc2C)c1. The first-order valence-electron chi connectivity index (χ1n) is 6.01. The van der Waals surface area contributed by atoms with E-state index in [9.17, 15) is 4.79 Å². The zero-order valence-electron chi connectivity index (χ0n) is 10.7. The maximum atomic E-state index is 12.0. The van der Waals surface area contributed by atoms with Gasteiger partial charge in [0.1, 0.15) is 0 Å². The Labute approximate surface area is 108 Å². The number of aryl methyl sites for hydroxylation is 2. The molecule has 0 radical (unpaired) electrons. The van der Waals surface area contributed by atoms with Crippen LogP contribution in [0.5, 0.6) is 0 Å². The lowest BCUT2D eigenvalue weighted by Gasteiger charge is -2.00.